The minimum absolute atomic E-state index is 0.0484. The normalized spacial score (nSPS) is 20.4. The van der Waals surface area contributed by atoms with Crippen LogP contribution in [0.2, 0.25) is 0 Å². The highest BCUT2D eigenvalue weighted by molar-refractivity contribution is 6.04. The predicted molar refractivity (Wildman–Crippen MR) is 76.3 cm³/mol. The van der Waals surface area contributed by atoms with Gasteiger partial charge in [0, 0.05) is 6.07 Å². The highest BCUT2D eigenvalue weighted by Gasteiger charge is 2.38. The molecule has 2 aromatic carbocycles. The Labute approximate surface area is 125 Å². The Morgan fingerprint density at radius 3 is 2.45 bits per heavy atom. The molecular formula is C16H14O6. The average molecular weight is 302 g/mol. The summed E-state index contributed by atoms with van der Waals surface area (Å²) >= 11 is 0. The zero-order valence-electron chi connectivity index (χ0n) is 11.6. The molecule has 1 aliphatic rings. The zero-order chi connectivity index (χ0) is 16.0. The number of carbonyl (C=O) groups excluding carboxylic acids is 1. The summed E-state index contributed by atoms with van der Waals surface area (Å²) in [4.78, 5) is 12.4. The molecule has 4 N–H and O–H groups in total. The molecule has 2 aromatic rings. The van der Waals surface area contributed by atoms with E-state index >= 15 is 0 Å². The van der Waals surface area contributed by atoms with Gasteiger partial charge in [-0.2, -0.15) is 0 Å². The molecule has 114 valence electrons. The number of carbonyl (C=O) groups is 1. The lowest BCUT2D eigenvalue weighted by atomic mass is 9.91. The van der Waals surface area contributed by atoms with Gasteiger partial charge in [0.1, 0.15) is 11.5 Å². The maximum atomic E-state index is 12.4. The molecule has 2 atom stereocenters. The van der Waals surface area contributed by atoms with E-state index in [1.165, 1.54) is 30.3 Å². The molecule has 1 aliphatic heterocycles. The lowest BCUT2D eigenvalue weighted by molar-refractivity contribution is 0.0213. The molecule has 0 saturated heterocycles. The van der Waals surface area contributed by atoms with Crippen molar-refractivity contribution in [1.29, 1.82) is 0 Å². The van der Waals surface area contributed by atoms with Crippen molar-refractivity contribution in [2.75, 3.05) is 0 Å². The van der Waals surface area contributed by atoms with Crippen LogP contribution < -0.4 is 4.74 Å². The molecule has 0 unspecified atom stereocenters. The van der Waals surface area contributed by atoms with Crippen molar-refractivity contribution < 1.29 is 30.0 Å². The number of aliphatic hydroxyl groups excluding tert-OH is 1. The van der Waals surface area contributed by atoms with E-state index in [0.29, 0.717) is 11.1 Å². The van der Waals surface area contributed by atoms with Crippen LogP contribution in [0.15, 0.2) is 30.3 Å². The first-order valence-corrected chi connectivity index (χ1v) is 6.63. The first-order valence-electron chi connectivity index (χ1n) is 6.63. The summed E-state index contributed by atoms with van der Waals surface area (Å²) in [6.45, 7) is 1.64. The molecule has 22 heavy (non-hydrogen) atoms. The molecule has 0 amide bonds. The first kappa shape index (κ1) is 14.2. The standard InChI is InChI=1S/C16H14O6/c1-7-4-9(17)6-12-13(7)14(20)15(21)16(22-12)8-2-3-10(18)11(19)5-8/h2-6,15-19,21H,1H3/t15-,16+/m0/s1. The molecule has 0 aromatic heterocycles. The summed E-state index contributed by atoms with van der Waals surface area (Å²) in [5.74, 6) is -1.08. The third-order valence-electron chi connectivity index (χ3n) is 3.67. The Morgan fingerprint density at radius 2 is 1.77 bits per heavy atom. The first-order chi connectivity index (χ1) is 10.4. The molecule has 6 nitrogen and oxygen atoms in total. The number of benzene rings is 2. The molecule has 1 heterocycles. The van der Waals surface area contributed by atoms with Crippen LogP contribution in [0.1, 0.15) is 27.6 Å². The van der Waals surface area contributed by atoms with Gasteiger partial charge in [-0.15, -0.1) is 0 Å². The number of aryl methyl sites for hydroxylation is 1. The lowest BCUT2D eigenvalue weighted by Crippen LogP contribution is -2.36. The average Bonchev–Trinajstić information content (AvgIpc) is 2.45. The van der Waals surface area contributed by atoms with Gasteiger partial charge < -0.3 is 25.2 Å². The van der Waals surface area contributed by atoms with E-state index in [-0.39, 0.29) is 28.6 Å². The van der Waals surface area contributed by atoms with E-state index < -0.39 is 18.0 Å². The third-order valence-corrected chi connectivity index (χ3v) is 3.67. The second kappa shape index (κ2) is 4.92. The predicted octanol–water partition coefficient (Wildman–Crippen LogP) is 1.79. The van der Waals surface area contributed by atoms with Crippen molar-refractivity contribution in [2.45, 2.75) is 19.1 Å². The minimum atomic E-state index is -1.44. The highest BCUT2D eigenvalue weighted by atomic mass is 16.5. The molecular weight excluding hydrogens is 288 g/mol. The Balaban J connectivity index is 2.08. The van der Waals surface area contributed by atoms with Gasteiger partial charge in [0.2, 0.25) is 0 Å². The molecule has 6 heteroatoms. The Hall–Kier alpha value is -2.73. The van der Waals surface area contributed by atoms with Crippen LogP contribution in [0.3, 0.4) is 0 Å². The second-order valence-electron chi connectivity index (χ2n) is 5.23. The van der Waals surface area contributed by atoms with Crippen molar-refractivity contribution in [2.24, 2.45) is 0 Å². The number of rotatable bonds is 1. The lowest BCUT2D eigenvalue weighted by Gasteiger charge is -2.30. The van der Waals surface area contributed by atoms with Crippen LogP contribution in [0.25, 0.3) is 0 Å². The van der Waals surface area contributed by atoms with Crippen molar-refractivity contribution in [1.82, 2.24) is 0 Å². The summed E-state index contributed by atoms with van der Waals surface area (Å²) in [7, 11) is 0. The fourth-order valence-corrected chi connectivity index (χ4v) is 2.60. The van der Waals surface area contributed by atoms with Crippen molar-refractivity contribution >= 4 is 5.78 Å². The SMILES string of the molecule is Cc1cc(O)cc2c1C(=O)[C@H](O)[C@@H](c1ccc(O)c(O)c1)O2. The van der Waals surface area contributed by atoms with E-state index in [2.05, 4.69) is 0 Å². The van der Waals surface area contributed by atoms with Gasteiger partial charge in [-0.3, -0.25) is 4.79 Å². The van der Waals surface area contributed by atoms with Crippen LogP contribution in [0.4, 0.5) is 0 Å². The molecule has 0 saturated carbocycles. The maximum Gasteiger partial charge on any atom is 0.199 e. The van der Waals surface area contributed by atoms with E-state index in [9.17, 15) is 25.2 Å². The van der Waals surface area contributed by atoms with Crippen LogP contribution >= 0.6 is 0 Å². The van der Waals surface area contributed by atoms with Crippen molar-refractivity contribution in [3.63, 3.8) is 0 Å². The van der Waals surface area contributed by atoms with Crippen LogP contribution in [-0.2, 0) is 0 Å². The van der Waals surface area contributed by atoms with Gasteiger partial charge in [0.25, 0.3) is 0 Å². The maximum absolute atomic E-state index is 12.4. The van der Waals surface area contributed by atoms with Crippen LogP contribution in [-0.4, -0.2) is 32.3 Å². The summed E-state index contributed by atoms with van der Waals surface area (Å²) < 4.78 is 5.63. The van der Waals surface area contributed by atoms with Gasteiger partial charge in [-0.05, 0) is 36.2 Å². The number of phenolic OH excluding ortho intramolecular Hbond substituents is 3. The van der Waals surface area contributed by atoms with Crippen LogP contribution in [0.5, 0.6) is 23.0 Å². The number of aliphatic hydroxyl groups is 1. The number of ether oxygens (including phenoxy) is 1. The topological polar surface area (TPSA) is 107 Å². The quantitative estimate of drug-likeness (QED) is 0.598. The zero-order valence-corrected chi connectivity index (χ0v) is 11.6. The Morgan fingerprint density at radius 1 is 1.05 bits per heavy atom. The molecule has 0 bridgehead atoms. The minimum Gasteiger partial charge on any atom is -0.508 e. The Bertz CT molecular complexity index is 767. The number of hydrogen-bond donors (Lipinski definition) is 4. The number of hydrogen-bond acceptors (Lipinski definition) is 6. The van der Waals surface area contributed by atoms with Gasteiger partial charge in [0.15, 0.2) is 29.5 Å². The molecule has 0 fully saturated rings. The van der Waals surface area contributed by atoms with E-state index in [0.717, 1.165) is 0 Å². The highest BCUT2D eigenvalue weighted by Crippen LogP contribution is 2.40. The summed E-state index contributed by atoms with van der Waals surface area (Å²) in [6, 6.07) is 6.63. The molecule has 0 aliphatic carbocycles. The second-order valence-corrected chi connectivity index (χ2v) is 5.23. The smallest absolute Gasteiger partial charge is 0.199 e. The number of aromatic hydroxyl groups is 3. The van der Waals surface area contributed by atoms with Gasteiger partial charge >= 0.3 is 0 Å². The van der Waals surface area contributed by atoms with Crippen molar-refractivity contribution in [3.05, 3.63) is 47.0 Å². The fraction of sp³-hybridized carbons (Fsp3) is 0.188. The number of ketones is 1. The summed E-state index contributed by atoms with van der Waals surface area (Å²) in [6.07, 6.45) is -2.48. The number of fused-ring (bicyclic) bond motifs is 1. The van der Waals surface area contributed by atoms with Gasteiger partial charge in [0.05, 0.1) is 5.56 Å². The Kier molecular flexibility index (Phi) is 3.18. The van der Waals surface area contributed by atoms with E-state index in [1.807, 2.05) is 0 Å². The van der Waals surface area contributed by atoms with Gasteiger partial charge in [-0.1, -0.05) is 6.07 Å². The summed E-state index contributed by atoms with van der Waals surface area (Å²) in [5, 5.41) is 38.7. The van der Waals surface area contributed by atoms with Gasteiger partial charge in [-0.25, -0.2) is 0 Å². The van der Waals surface area contributed by atoms with E-state index in [4.69, 9.17) is 4.74 Å². The van der Waals surface area contributed by atoms with Crippen LogP contribution in [0, 0.1) is 6.92 Å². The number of Topliss-reactive ketones (excluding diaryl/α,β-unsaturated/α-hetero) is 1. The fourth-order valence-electron chi connectivity index (χ4n) is 2.60. The monoisotopic (exact) mass is 302 g/mol. The largest absolute Gasteiger partial charge is 0.508 e. The summed E-state index contributed by atoms with van der Waals surface area (Å²) in [5.41, 5.74) is 1.07. The molecule has 0 radical (unpaired) electrons. The van der Waals surface area contributed by atoms with E-state index in [1.54, 1.807) is 6.92 Å². The molecule has 0 spiro atoms. The molecule has 3 rings (SSSR count). The number of phenols is 3. The third kappa shape index (κ3) is 2.14. The van der Waals surface area contributed by atoms with Crippen molar-refractivity contribution in [3.8, 4) is 23.0 Å².